The van der Waals surface area contributed by atoms with Gasteiger partial charge in [-0.3, -0.25) is 0 Å². The summed E-state index contributed by atoms with van der Waals surface area (Å²) in [5, 5.41) is 3.08. The van der Waals surface area contributed by atoms with E-state index in [4.69, 9.17) is 0 Å². The molecule has 102 valence electrons. The lowest BCUT2D eigenvalue weighted by Crippen LogP contribution is -2.43. The molecule has 0 aromatic carbocycles. The predicted octanol–water partition coefficient (Wildman–Crippen LogP) is 1.00. The second-order valence-electron chi connectivity index (χ2n) is 4.18. The van der Waals surface area contributed by atoms with Crippen molar-refractivity contribution in [2.24, 2.45) is 0 Å². The first-order valence-corrected chi connectivity index (χ1v) is 7.21. The highest BCUT2D eigenvalue weighted by molar-refractivity contribution is 7.89. The highest BCUT2D eigenvalue weighted by atomic mass is 32.2. The van der Waals surface area contributed by atoms with Gasteiger partial charge in [0, 0.05) is 12.5 Å². The van der Waals surface area contributed by atoms with Crippen LogP contribution in [0, 0.1) is 0 Å². The van der Waals surface area contributed by atoms with Gasteiger partial charge in [-0.2, -0.15) is 13.2 Å². The standard InChI is InChI=1S/C9H17F3N2O2S/c10-9(11,12)4-1-7-17(15,16)14-8-2-5-13-6-3-8/h8,13-14H,1-7H2. The highest BCUT2D eigenvalue weighted by Crippen LogP contribution is 2.21. The summed E-state index contributed by atoms with van der Waals surface area (Å²) in [5.41, 5.74) is 0. The average Bonchev–Trinajstić information content (AvgIpc) is 2.15. The Morgan fingerprint density at radius 1 is 1.24 bits per heavy atom. The fourth-order valence-corrected chi connectivity index (χ4v) is 3.10. The Bertz CT molecular complexity index is 324. The number of nitrogens with one attached hydrogen (secondary N) is 2. The van der Waals surface area contributed by atoms with Crippen LogP contribution in [0.15, 0.2) is 0 Å². The van der Waals surface area contributed by atoms with Gasteiger partial charge in [0.25, 0.3) is 0 Å². The van der Waals surface area contributed by atoms with Crippen molar-refractivity contribution in [2.45, 2.75) is 37.9 Å². The van der Waals surface area contributed by atoms with Gasteiger partial charge in [-0.15, -0.1) is 0 Å². The first-order chi connectivity index (χ1) is 7.79. The maximum atomic E-state index is 11.9. The van der Waals surface area contributed by atoms with Crippen LogP contribution in [0.2, 0.25) is 0 Å². The molecule has 2 N–H and O–H groups in total. The molecule has 0 aromatic rings. The van der Waals surface area contributed by atoms with Gasteiger partial charge >= 0.3 is 6.18 Å². The first-order valence-electron chi connectivity index (χ1n) is 5.56. The molecule has 0 saturated carbocycles. The minimum atomic E-state index is -4.29. The summed E-state index contributed by atoms with van der Waals surface area (Å²) in [6.45, 7) is 1.46. The minimum Gasteiger partial charge on any atom is -0.317 e. The molecule has 0 spiro atoms. The van der Waals surface area contributed by atoms with Crippen LogP contribution >= 0.6 is 0 Å². The van der Waals surface area contributed by atoms with Gasteiger partial charge in [-0.1, -0.05) is 0 Å². The molecule has 1 fully saturated rings. The molecule has 4 nitrogen and oxygen atoms in total. The van der Waals surface area contributed by atoms with Gasteiger partial charge in [0.05, 0.1) is 5.75 Å². The Morgan fingerprint density at radius 3 is 2.35 bits per heavy atom. The highest BCUT2D eigenvalue weighted by Gasteiger charge is 2.28. The molecular formula is C9H17F3N2O2S. The van der Waals surface area contributed by atoms with Crippen LogP contribution in [0.4, 0.5) is 13.2 Å². The number of alkyl halides is 3. The van der Waals surface area contributed by atoms with E-state index in [2.05, 4.69) is 10.0 Å². The topological polar surface area (TPSA) is 58.2 Å². The zero-order chi connectivity index (χ0) is 12.9. The molecule has 8 heteroatoms. The largest absolute Gasteiger partial charge is 0.389 e. The third kappa shape index (κ3) is 6.85. The van der Waals surface area contributed by atoms with Crippen LogP contribution in [0.1, 0.15) is 25.7 Å². The van der Waals surface area contributed by atoms with Gasteiger partial charge in [0.2, 0.25) is 10.0 Å². The minimum absolute atomic E-state index is 0.146. The lowest BCUT2D eigenvalue weighted by atomic mass is 10.1. The maximum absolute atomic E-state index is 11.9. The summed E-state index contributed by atoms with van der Waals surface area (Å²) < 4.78 is 61.0. The monoisotopic (exact) mass is 274 g/mol. The van der Waals surface area contributed by atoms with Crippen LogP contribution in [0.25, 0.3) is 0 Å². The molecular weight excluding hydrogens is 257 g/mol. The van der Waals surface area contributed by atoms with Crippen molar-refractivity contribution >= 4 is 10.0 Å². The molecule has 0 amide bonds. The Morgan fingerprint density at radius 2 is 1.82 bits per heavy atom. The molecule has 0 aromatic heterocycles. The Kier molecular flexibility index (Phi) is 5.21. The average molecular weight is 274 g/mol. The third-order valence-electron chi connectivity index (χ3n) is 2.56. The molecule has 0 unspecified atom stereocenters. The quantitative estimate of drug-likeness (QED) is 0.786. The molecule has 17 heavy (non-hydrogen) atoms. The van der Waals surface area contributed by atoms with Crippen molar-refractivity contribution in [3.8, 4) is 0 Å². The first kappa shape index (κ1) is 14.7. The lowest BCUT2D eigenvalue weighted by Gasteiger charge is -2.23. The van der Waals surface area contributed by atoms with Crippen LogP contribution in [-0.2, 0) is 10.0 Å². The summed E-state index contributed by atoms with van der Waals surface area (Å²) in [5.74, 6) is -0.462. The lowest BCUT2D eigenvalue weighted by molar-refractivity contribution is -0.134. The summed E-state index contributed by atoms with van der Waals surface area (Å²) >= 11 is 0. The van der Waals surface area contributed by atoms with Crippen LogP contribution in [0.3, 0.4) is 0 Å². The van der Waals surface area contributed by atoms with Crippen LogP contribution < -0.4 is 10.0 Å². The second kappa shape index (κ2) is 6.01. The smallest absolute Gasteiger partial charge is 0.317 e. The number of halogens is 3. The molecule has 0 atom stereocenters. The van der Waals surface area contributed by atoms with Crippen molar-refractivity contribution in [3.05, 3.63) is 0 Å². The van der Waals surface area contributed by atoms with E-state index in [9.17, 15) is 21.6 Å². The molecule has 1 aliphatic rings. The molecule has 1 aliphatic heterocycles. The van der Waals surface area contributed by atoms with Crippen molar-refractivity contribution in [2.75, 3.05) is 18.8 Å². The van der Waals surface area contributed by atoms with Crippen LogP contribution in [0.5, 0.6) is 0 Å². The van der Waals surface area contributed by atoms with E-state index < -0.39 is 28.4 Å². The fraction of sp³-hybridized carbons (Fsp3) is 1.00. The molecule has 0 bridgehead atoms. The molecule has 0 radical (unpaired) electrons. The SMILES string of the molecule is O=S(=O)(CCCC(F)(F)F)NC1CCNCC1. The Labute approximate surface area is 99.0 Å². The van der Waals surface area contributed by atoms with Gasteiger partial charge in [0.15, 0.2) is 0 Å². The Balaban J connectivity index is 2.30. The van der Waals surface area contributed by atoms with E-state index in [1.165, 1.54) is 0 Å². The Hall–Kier alpha value is -0.340. The number of rotatable bonds is 5. The summed E-state index contributed by atoms with van der Waals surface area (Å²) in [7, 11) is -3.58. The second-order valence-corrected chi connectivity index (χ2v) is 6.05. The van der Waals surface area contributed by atoms with E-state index in [0.29, 0.717) is 12.8 Å². The fourth-order valence-electron chi connectivity index (χ4n) is 1.72. The van der Waals surface area contributed by atoms with Crippen molar-refractivity contribution in [3.63, 3.8) is 0 Å². The van der Waals surface area contributed by atoms with E-state index >= 15 is 0 Å². The normalized spacial score (nSPS) is 19.5. The maximum Gasteiger partial charge on any atom is 0.389 e. The zero-order valence-corrected chi connectivity index (χ0v) is 10.2. The van der Waals surface area contributed by atoms with Gasteiger partial charge in [0.1, 0.15) is 0 Å². The number of hydrogen-bond donors (Lipinski definition) is 2. The van der Waals surface area contributed by atoms with Gasteiger partial charge in [-0.25, -0.2) is 13.1 Å². The van der Waals surface area contributed by atoms with E-state index in [-0.39, 0.29) is 12.5 Å². The van der Waals surface area contributed by atoms with E-state index in [1.807, 2.05) is 0 Å². The number of piperidine rings is 1. The third-order valence-corrected chi connectivity index (χ3v) is 4.08. The molecule has 1 heterocycles. The molecule has 1 saturated heterocycles. The number of hydrogen-bond acceptors (Lipinski definition) is 3. The van der Waals surface area contributed by atoms with Crippen molar-refractivity contribution in [1.82, 2.24) is 10.0 Å². The summed E-state index contributed by atoms with van der Waals surface area (Å²) in [4.78, 5) is 0. The summed E-state index contributed by atoms with van der Waals surface area (Å²) in [6, 6.07) is -0.146. The van der Waals surface area contributed by atoms with Gasteiger partial charge < -0.3 is 5.32 Å². The molecule has 1 rings (SSSR count). The predicted molar refractivity (Wildman–Crippen MR) is 58.1 cm³/mol. The van der Waals surface area contributed by atoms with E-state index in [0.717, 1.165) is 13.1 Å². The van der Waals surface area contributed by atoms with Crippen molar-refractivity contribution in [1.29, 1.82) is 0 Å². The molecule has 0 aliphatic carbocycles. The zero-order valence-electron chi connectivity index (χ0n) is 9.39. The van der Waals surface area contributed by atoms with Crippen molar-refractivity contribution < 1.29 is 21.6 Å². The van der Waals surface area contributed by atoms with Gasteiger partial charge in [-0.05, 0) is 32.4 Å². The van der Waals surface area contributed by atoms with E-state index in [1.54, 1.807) is 0 Å². The van der Waals surface area contributed by atoms with Crippen LogP contribution in [-0.4, -0.2) is 39.5 Å². The number of sulfonamides is 1. The summed E-state index contributed by atoms with van der Waals surface area (Å²) in [6.07, 6.45) is -4.37.